The van der Waals surface area contributed by atoms with E-state index in [0.717, 1.165) is 11.1 Å². The minimum atomic E-state index is -0.312. The maximum atomic E-state index is 11.8. The van der Waals surface area contributed by atoms with E-state index in [1.165, 1.54) is 0 Å². The van der Waals surface area contributed by atoms with Gasteiger partial charge in [-0.2, -0.15) is 5.26 Å². The molecule has 4 N–H and O–H groups in total. The molecular formula is C16H16N4O. The van der Waals surface area contributed by atoms with E-state index in [1.807, 2.05) is 30.3 Å². The Bertz CT molecular complexity index is 659. The third-order valence-electron chi connectivity index (χ3n) is 2.96. The molecule has 0 radical (unpaired) electrons. The van der Waals surface area contributed by atoms with Crippen molar-refractivity contribution in [2.75, 3.05) is 5.32 Å². The largest absolute Gasteiger partial charge is 0.334 e. The number of nitriles is 1. The van der Waals surface area contributed by atoms with Gasteiger partial charge in [0.2, 0.25) is 0 Å². The first kappa shape index (κ1) is 14.6. The van der Waals surface area contributed by atoms with E-state index in [-0.39, 0.29) is 6.03 Å². The Morgan fingerprint density at radius 3 is 2.52 bits per heavy atom. The number of benzene rings is 2. The monoisotopic (exact) mass is 280 g/mol. The second kappa shape index (κ2) is 7.08. The summed E-state index contributed by atoms with van der Waals surface area (Å²) in [7, 11) is 0. The Morgan fingerprint density at radius 2 is 1.86 bits per heavy atom. The number of urea groups is 1. The summed E-state index contributed by atoms with van der Waals surface area (Å²) in [5, 5.41) is 14.3. The predicted octanol–water partition coefficient (Wildman–Crippen LogP) is 2.34. The first-order chi connectivity index (χ1) is 10.2. The van der Waals surface area contributed by atoms with Crippen LogP contribution in [-0.4, -0.2) is 6.03 Å². The standard InChI is InChI=1S/C16H16N4O/c17-9-12-4-6-13(7-5-12)11-19-16(21)20-15-3-1-2-14(8-15)10-18/h1-8H,9,11,17H2,(H2,19,20,21). The van der Waals surface area contributed by atoms with E-state index in [9.17, 15) is 4.79 Å². The second-order valence-corrected chi connectivity index (χ2v) is 4.52. The summed E-state index contributed by atoms with van der Waals surface area (Å²) in [4.78, 5) is 11.8. The molecule has 0 aliphatic carbocycles. The average molecular weight is 280 g/mol. The van der Waals surface area contributed by atoms with Crippen molar-refractivity contribution >= 4 is 11.7 Å². The molecule has 0 aliphatic heterocycles. The minimum Gasteiger partial charge on any atom is -0.334 e. The SMILES string of the molecule is N#Cc1cccc(NC(=O)NCc2ccc(CN)cc2)c1. The normalized spacial score (nSPS) is 9.71. The van der Waals surface area contributed by atoms with Gasteiger partial charge >= 0.3 is 6.03 Å². The van der Waals surface area contributed by atoms with Crippen LogP contribution in [0.3, 0.4) is 0 Å². The second-order valence-electron chi connectivity index (χ2n) is 4.52. The average Bonchev–Trinajstić information content (AvgIpc) is 2.53. The van der Waals surface area contributed by atoms with Crippen LogP contribution in [0.5, 0.6) is 0 Å². The van der Waals surface area contributed by atoms with Crippen molar-refractivity contribution in [3.8, 4) is 6.07 Å². The first-order valence-corrected chi connectivity index (χ1v) is 6.54. The molecule has 0 atom stereocenters. The van der Waals surface area contributed by atoms with Crippen LogP contribution in [0.1, 0.15) is 16.7 Å². The molecule has 0 fully saturated rings. The lowest BCUT2D eigenvalue weighted by Crippen LogP contribution is -2.28. The summed E-state index contributed by atoms with van der Waals surface area (Å²) in [6.45, 7) is 0.929. The molecule has 2 rings (SSSR count). The summed E-state index contributed by atoms with van der Waals surface area (Å²) < 4.78 is 0. The number of hydrogen-bond donors (Lipinski definition) is 3. The van der Waals surface area contributed by atoms with Crippen molar-refractivity contribution in [2.45, 2.75) is 13.1 Å². The summed E-state index contributed by atoms with van der Waals surface area (Å²) in [5.74, 6) is 0. The van der Waals surface area contributed by atoms with Crippen LogP contribution in [0.4, 0.5) is 10.5 Å². The van der Waals surface area contributed by atoms with E-state index < -0.39 is 0 Å². The highest BCUT2D eigenvalue weighted by molar-refractivity contribution is 5.89. The van der Waals surface area contributed by atoms with Crippen LogP contribution in [0.2, 0.25) is 0 Å². The van der Waals surface area contributed by atoms with Gasteiger partial charge in [0.25, 0.3) is 0 Å². The molecule has 21 heavy (non-hydrogen) atoms. The van der Waals surface area contributed by atoms with E-state index in [0.29, 0.717) is 24.3 Å². The molecule has 5 nitrogen and oxygen atoms in total. The highest BCUT2D eigenvalue weighted by Crippen LogP contribution is 2.09. The third kappa shape index (κ3) is 4.34. The highest BCUT2D eigenvalue weighted by Gasteiger charge is 2.02. The summed E-state index contributed by atoms with van der Waals surface area (Å²) in [5.41, 5.74) is 8.67. The maximum absolute atomic E-state index is 11.8. The number of carbonyl (C=O) groups excluding carboxylic acids is 1. The molecule has 0 saturated heterocycles. The molecule has 0 aliphatic rings. The number of anilines is 1. The molecule has 106 valence electrons. The van der Waals surface area contributed by atoms with Gasteiger partial charge in [0.15, 0.2) is 0 Å². The Morgan fingerprint density at radius 1 is 1.14 bits per heavy atom. The van der Waals surface area contributed by atoms with Gasteiger partial charge in [0.05, 0.1) is 11.6 Å². The maximum Gasteiger partial charge on any atom is 0.319 e. The predicted molar refractivity (Wildman–Crippen MR) is 81.3 cm³/mol. The fourth-order valence-corrected chi connectivity index (χ4v) is 1.82. The lowest BCUT2D eigenvalue weighted by molar-refractivity contribution is 0.251. The van der Waals surface area contributed by atoms with E-state index in [1.54, 1.807) is 24.3 Å². The molecule has 2 aromatic carbocycles. The molecule has 0 heterocycles. The molecule has 2 aromatic rings. The van der Waals surface area contributed by atoms with E-state index >= 15 is 0 Å². The molecular weight excluding hydrogens is 264 g/mol. The Balaban J connectivity index is 1.88. The van der Waals surface area contributed by atoms with E-state index in [4.69, 9.17) is 11.0 Å². The van der Waals surface area contributed by atoms with Gasteiger partial charge in [-0.05, 0) is 29.3 Å². The number of amides is 2. The van der Waals surface area contributed by atoms with Gasteiger partial charge < -0.3 is 16.4 Å². The fourth-order valence-electron chi connectivity index (χ4n) is 1.82. The van der Waals surface area contributed by atoms with Crippen LogP contribution in [0.15, 0.2) is 48.5 Å². The zero-order valence-corrected chi connectivity index (χ0v) is 11.5. The molecule has 0 saturated carbocycles. The van der Waals surface area contributed by atoms with Gasteiger partial charge in [0, 0.05) is 18.8 Å². The first-order valence-electron chi connectivity index (χ1n) is 6.54. The molecule has 0 aromatic heterocycles. The van der Waals surface area contributed by atoms with Crippen molar-refractivity contribution in [1.82, 2.24) is 5.32 Å². The number of nitrogens with one attached hydrogen (secondary N) is 2. The zero-order chi connectivity index (χ0) is 15.1. The van der Waals surface area contributed by atoms with Crippen LogP contribution in [-0.2, 0) is 13.1 Å². The lowest BCUT2D eigenvalue weighted by Gasteiger charge is -2.08. The van der Waals surface area contributed by atoms with Gasteiger partial charge in [-0.1, -0.05) is 30.3 Å². The van der Waals surface area contributed by atoms with Gasteiger partial charge in [0.1, 0.15) is 0 Å². The smallest absolute Gasteiger partial charge is 0.319 e. The van der Waals surface area contributed by atoms with Crippen molar-refractivity contribution in [3.05, 3.63) is 65.2 Å². The quantitative estimate of drug-likeness (QED) is 0.802. The minimum absolute atomic E-state index is 0.312. The third-order valence-corrected chi connectivity index (χ3v) is 2.96. The van der Waals surface area contributed by atoms with Crippen molar-refractivity contribution in [2.24, 2.45) is 5.73 Å². The van der Waals surface area contributed by atoms with Gasteiger partial charge in [-0.15, -0.1) is 0 Å². The Kier molecular flexibility index (Phi) is 4.91. The Labute approximate surface area is 123 Å². The fraction of sp³-hybridized carbons (Fsp3) is 0.125. The van der Waals surface area contributed by atoms with Crippen LogP contribution >= 0.6 is 0 Å². The lowest BCUT2D eigenvalue weighted by atomic mass is 10.1. The van der Waals surface area contributed by atoms with Crippen LogP contribution in [0, 0.1) is 11.3 Å². The number of nitrogens with zero attached hydrogens (tertiary/aromatic N) is 1. The van der Waals surface area contributed by atoms with Crippen LogP contribution < -0.4 is 16.4 Å². The van der Waals surface area contributed by atoms with Crippen molar-refractivity contribution in [3.63, 3.8) is 0 Å². The highest BCUT2D eigenvalue weighted by atomic mass is 16.2. The molecule has 2 amide bonds. The van der Waals surface area contributed by atoms with Gasteiger partial charge in [-0.3, -0.25) is 0 Å². The van der Waals surface area contributed by atoms with Crippen molar-refractivity contribution in [1.29, 1.82) is 5.26 Å². The zero-order valence-electron chi connectivity index (χ0n) is 11.5. The van der Waals surface area contributed by atoms with Crippen molar-refractivity contribution < 1.29 is 4.79 Å². The summed E-state index contributed by atoms with van der Waals surface area (Å²) in [6.07, 6.45) is 0. The van der Waals surface area contributed by atoms with Crippen LogP contribution in [0.25, 0.3) is 0 Å². The molecule has 0 unspecified atom stereocenters. The molecule has 0 spiro atoms. The number of nitrogens with two attached hydrogens (primary N) is 1. The number of rotatable bonds is 4. The molecule has 5 heteroatoms. The number of carbonyl (C=O) groups is 1. The summed E-state index contributed by atoms with van der Waals surface area (Å²) in [6, 6.07) is 16.2. The number of hydrogen-bond acceptors (Lipinski definition) is 3. The molecule has 0 bridgehead atoms. The van der Waals surface area contributed by atoms with E-state index in [2.05, 4.69) is 10.6 Å². The Hall–Kier alpha value is -2.84. The topological polar surface area (TPSA) is 90.9 Å². The summed E-state index contributed by atoms with van der Waals surface area (Å²) >= 11 is 0. The van der Waals surface area contributed by atoms with Gasteiger partial charge in [-0.25, -0.2) is 4.79 Å².